The lowest BCUT2D eigenvalue weighted by molar-refractivity contribution is -0.122. The molecule has 2 N–H and O–H groups in total. The van der Waals surface area contributed by atoms with Gasteiger partial charge in [0.05, 0.1) is 30.7 Å². The van der Waals surface area contributed by atoms with Crippen LogP contribution in [0.4, 0.5) is 0 Å². The van der Waals surface area contributed by atoms with Gasteiger partial charge in [-0.2, -0.15) is 0 Å². The van der Waals surface area contributed by atoms with Crippen LogP contribution in [0.15, 0.2) is 48.5 Å². The summed E-state index contributed by atoms with van der Waals surface area (Å²) in [7, 11) is 3.34. The predicted molar refractivity (Wildman–Crippen MR) is 136 cm³/mol. The van der Waals surface area contributed by atoms with Crippen molar-refractivity contribution in [1.82, 2.24) is 14.5 Å². The smallest absolute Gasteiger partial charge is 0.166 e. The molecule has 35 heavy (non-hydrogen) atoms. The third-order valence-electron chi connectivity index (χ3n) is 6.55. The van der Waals surface area contributed by atoms with Crippen molar-refractivity contribution in [3.05, 3.63) is 54.4 Å². The number of nitrogens with two attached hydrogens (primary N) is 1. The summed E-state index contributed by atoms with van der Waals surface area (Å²) in [6, 6.07) is 14.9. The maximum atomic E-state index is 12.9. The maximum absolute atomic E-state index is 12.9. The first-order valence-corrected chi connectivity index (χ1v) is 12.3. The molecular formula is C27H36N4O4. The zero-order valence-electron chi connectivity index (χ0n) is 20.7. The van der Waals surface area contributed by atoms with Crippen molar-refractivity contribution in [2.24, 2.45) is 5.73 Å². The molecule has 8 heteroatoms. The summed E-state index contributed by atoms with van der Waals surface area (Å²) >= 11 is 0. The van der Waals surface area contributed by atoms with Crippen LogP contribution in [-0.4, -0.2) is 73.3 Å². The van der Waals surface area contributed by atoms with E-state index in [1.165, 1.54) is 0 Å². The second-order valence-corrected chi connectivity index (χ2v) is 9.09. The SMILES string of the molecule is COCCCn1c([C@@H]2CCCN(CC(=O)[C@H](N)COc3cccc(OC)c3)C2)nc2ccccc21. The molecule has 8 nitrogen and oxygen atoms in total. The van der Waals surface area contributed by atoms with Crippen molar-refractivity contribution in [2.45, 2.75) is 37.8 Å². The zero-order chi connectivity index (χ0) is 24.6. The van der Waals surface area contributed by atoms with E-state index in [0.717, 1.165) is 55.8 Å². The Morgan fingerprint density at radius 2 is 2.00 bits per heavy atom. The molecule has 1 aromatic heterocycles. The number of ketones is 1. The molecule has 0 radical (unpaired) electrons. The molecule has 1 saturated heterocycles. The lowest BCUT2D eigenvalue weighted by Gasteiger charge is -2.32. The molecular weight excluding hydrogens is 444 g/mol. The van der Waals surface area contributed by atoms with Crippen molar-refractivity contribution in [3.8, 4) is 11.5 Å². The first-order valence-electron chi connectivity index (χ1n) is 12.3. The zero-order valence-corrected chi connectivity index (χ0v) is 20.7. The fourth-order valence-corrected chi connectivity index (χ4v) is 4.73. The highest BCUT2D eigenvalue weighted by Crippen LogP contribution is 2.29. The average Bonchev–Trinajstić information content (AvgIpc) is 3.26. The molecule has 2 aromatic carbocycles. The van der Waals surface area contributed by atoms with E-state index in [9.17, 15) is 4.79 Å². The largest absolute Gasteiger partial charge is 0.497 e. The number of rotatable bonds is 12. The number of para-hydroxylation sites is 2. The Labute approximate surface area is 207 Å². The quantitative estimate of drug-likeness (QED) is 0.398. The second-order valence-electron chi connectivity index (χ2n) is 9.09. The molecule has 1 fully saturated rings. The standard InChI is InChI=1S/C27H36N4O4/c1-33-15-7-14-31-25-12-4-3-11-24(25)29-27(31)20-8-6-13-30(17-20)18-26(32)23(28)19-35-22-10-5-9-21(16-22)34-2/h3-5,9-12,16,20,23H,6-8,13-15,17-19,28H2,1-2H3/t20-,23-/m1/s1. The van der Waals surface area contributed by atoms with Gasteiger partial charge >= 0.3 is 0 Å². The summed E-state index contributed by atoms with van der Waals surface area (Å²) in [6.45, 7) is 3.72. The minimum Gasteiger partial charge on any atom is -0.497 e. The Morgan fingerprint density at radius 3 is 2.83 bits per heavy atom. The van der Waals surface area contributed by atoms with Crippen LogP contribution in [0.2, 0.25) is 0 Å². The Kier molecular flexibility index (Phi) is 8.74. The maximum Gasteiger partial charge on any atom is 0.166 e. The molecule has 1 aliphatic rings. The second kappa shape index (κ2) is 12.2. The number of carbonyl (C=O) groups excluding carboxylic acids is 1. The van der Waals surface area contributed by atoms with Crippen molar-refractivity contribution < 1.29 is 19.0 Å². The molecule has 3 aromatic rings. The Balaban J connectivity index is 1.37. The van der Waals surface area contributed by atoms with Gasteiger partial charge < -0.3 is 24.5 Å². The summed E-state index contributed by atoms with van der Waals surface area (Å²) in [5.41, 5.74) is 8.36. The number of likely N-dealkylation sites (tertiary alicyclic amines) is 1. The van der Waals surface area contributed by atoms with Gasteiger partial charge in [0.2, 0.25) is 0 Å². The third-order valence-corrected chi connectivity index (χ3v) is 6.55. The third kappa shape index (κ3) is 6.39. The van der Waals surface area contributed by atoms with Crippen LogP contribution in [0.25, 0.3) is 11.0 Å². The summed E-state index contributed by atoms with van der Waals surface area (Å²) in [5, 5.41) is 0. The summed E-state index contributed by atoms with van der Waals surface area (Å²) in [5.74, 6) is 2.70. The number of carbonyl (C=O) groups is 1. The first kappa shape index (κ1) is 25.2. The number of aromatic nitrogens is 2. The van der Waals surface area contributed by atoms with E-state index in [0.29, 0.717) is 24.7 Å². The monoisotopic (exact) mass is 480 g/mol. The van der Waals surface area contributed by atoms with Crippen LogP contribution in [0.5, 0.6) is 11.5 Å². The van der Waals surface area contributed by atoms with Crippen molar-refractivity contribution in [1.29, 1.82) is 0 Å². The highest BCUT2D eigenvalue weighted by atomic mass is 16.5. The fraction of sp³-hybridized carbons (Fsp3) is 0.481. The van der Waals surface area contributed by atoms with Crippen LogP contribution >= 0.6 is 0 Å². The van der Waals surface area contributed by atoms with Gasteiger partial charge in [-0.15, -0.1) is 0 Å². The van der Waals surface area contributed by atoms with E-state index < -0.39 is 6.04 Å². The highest BCUT2D eigenvalue weighted by molar-refractivity contribution is 5.85. The van der Waals surface area contributed by atoms with Crippen LogP contribution in [0, 0.1) is 0 Å². The number of fused-ring (bicyclic) bond motifs is 1. The minimum absolute atomic E-state index is 0.0119. The molecule has 0 aliphatic carbocycles. The lowest BCUT2D eigenvalue weighted by atomic mass is 9.96. The van der Waals surface area contributed by atoms with Crippen molar-refractivity contribution >= 4 is 16.8 Å². The fourth-order valence-electron chi connectivity index (χ4n) is 4.73. The number of aryl methyl sites for hydroxylation is 1. The molecule has 4 rings (SSSR count). The van der Waals surface area contributed by atoms with E-state index in [1.807, 2.05) is 24.3 Å². The van der Waals surface area contributed by atoms with Crippen LogP contribution in [-0.2, 0) is 16.1 Å². The molecule has 1 aliphatic heterocycles. The molecule has 2 heterocycles. The average molecular weight is 481 g/mol. The van der Waals surface area contributed by atoms with Gasteiger partial charge in [-0.05, 0) is 50.1 Å². The van der Waals surface area contributed by atoms with Gasteiger partial charge in [-0.3, -0.25) is 9.69 Å². The number of ether oxygens (including phenoxy) is 3. The van der Waals surface area contributed by atoms with Crippen molar-refractivity contribution in [3.63, 3.8) is 0 Å². The molecule has 0 unspecified atom stereocenters. The van der Waals surface area contributed by atoms with Gasteiger partial charge in [0, 0.05) is 38.8 Å². The van der Waals surface area contributed by atoms with Gasteiger partial charge in [0.25, 0.3) is 0 Å². The van der Waals surface area contributed by atoms with Crippen LogP contribution in [0.3, 0.4) is 0 Å². The Morgan fingerprint density at radius 1 is 1.17 bits per heavy atom. The number of methoxy groups -OCH3 is 2. The Bertz CT molecular complexity index is 1120. The number of imidazole rings is 1. The van der Waals surface area contributed by atoms with Gasteiger partial charge in [-0.25, -0.2) is 4.98 Å². The van der Waals surface area contributed by atoms with E-state index in [2.05, 4.69) is 27.7 Å². The number of nitrogens with zero attached hydrogens (tertiary/aromatic N) is 3. The normalized spacial score (nSPS) is 17.4. The lowest BCUT2D eigenvalue weighted by Crippen LogP contribution is -2.46. The van der Waals surface area contributed by atoms with E-state index >= 15 is 0 Å². The van der Waals surface area contributed by atoms with Crippen molar-refractivity contribution in [2.75, 3.05) is 47.1 Å². The number of piperidine rings is 1. The molecule has 2 atom stereocenters. The van der Waals surface area contributed by atoms with Gasteiger partial charge in [0.15, 0.2) is 5.78 Å². The summed E-state index contributed by atoms with van der Waals surface area (Å²) in [6.07, 6.45) is 3.01. The van der Waals surface area contributed by atoms with E-state index in [1.54, 1.807) is 20.3 Å². The summed E-state index contributed by atoms with van der Waals surface area (Å²) in [4.78, 5) is 20.1. The highest BCUT2D eigenvalue weighted by Gasteiger charge is 2.28. The molecule has 0 spiro atoms. The predicted octanol–water partition coefficient (Wildman–Crippen LogP) is 3.24. The first-order chi connectivity index (χ1) is 17.1. The Hall–Kier alpha value is -2.94. The molecule has 0 bridgehead atoms. The number of Topliss-reactive ketones (excluding diaryl/α,β-unsaturated/α-hetero) is 1. The number of hydrogen-bond acceptors (Lipinski definition) is 7. The van der Waals surface area contributed by atoms with Gasteiger partial charge in [0.1, 0.15) is 23.9 Å². The van der Waals surface area contributed by atoms with Gasteiger partial charge in [-0.1, -0.05) is 18.2 Å². The van der Waals surface area contributed by atoms with E-state index in [4.69, 9.17) is 24.9 Å². The van der Waals surface area contributed by atoms with E-state index in [-0.39, 0.29) is 18.3 Å². The molecule has 188 valence electrons. The molecule has 0 saturated carbocycles. The number of hydrogen-bond donors (Lipinski definition) is 1. The topological polar surface area (TPSA) is 91.8 Å². The van der Waals surface area contributed by atoms with Crippen LogP contribution in [0.1, 0.15) is 31.0 Å². The number of benzene rings is 2. The minimum atomic E-state index is -0.680. The molecule has 0 amide bonds. The summed E-state index contributed by atoms with van der Waals surface area (Å²) < 4.78 is 18.6. The van der Waals surface area contributed by atoms with Crippen LogP contribution < -0.4 is 15.2 Å².